The predicted molar refractivity (Wildman–Crippen MR) is 67.9 cm³/mol. The van der Waals surface area contributed by atoms with Crippen LogP contribution in [0.2, 0.25) is 19.1 Å². The summed E-state index contributed by atoms with van der Waals surface area (Å²) >= 11 is 0. The molecule has 15 heavy (non-hydrogen) atoms. The Kier molecular flexibility index (Phi) is 3.87. The van der Waals surface area contributed by atoms with Crippen molar-refractivity contribution in [3.63, 3.8) is 0 Å². The van der Waals surface area contributed by atoms with E-state index in [4.69, 9.17) is 5.26 Å². The third kappa shape index (κ3) is 3.07. The van der Waals surface area contributed by atoms with Gasteiger partial charge < -0.3 is 0 Å². The molecule has 0 unspecified atom stereocenters. The van der Waals surface area contributed by atoms with Gasteiger partial charge >= 0.3 is 0 Å². The molecule has 0 saturated carbocycles. The van der Waals surface area contributed by atoms with E-state index in [0.29, 0.717) is 6.42 Å². The lowest BCUT2D eigenvalue weighted by Gasteiger charge is -2.21. The van der Waals surface area contributed by atoms with E-state index in [1.165, 1.54) is 5.19 Å². The van der Waals surface area contributed by atoms with Crippen molar-refractivity contribution in [1.82, 2.24) is 0 Å². The van der Waals surface area contributed by atoms with Crippen LogP contribution in [0.15, 0.2) is 36.9 Å². The fourth-order valence-corrected chi connectivity index (χ4v) is 3.67. The van der Waals surface area contributed by atoms with Crippen molar-refractivity contribution in [3.05, 3.63) is 42.5 Å². The zero-order valence-corrected chi connectivity index (χ0v) is 10.5. The van der Waals surface area contributed by atoms with Gasteiger partial charge in [0, 0.05) is 0 Å². The first-order chi connectivity index (χ1) is 7.10. The van der Waals surface area contributed by atoms with E-state index in [2.05, 4.69) is 50.0 Å². The monoisotopic (exact) mass is 215 g/mol. The molecule has 0 amide bonds. The maximum Gasteiger partial charge on any atom is 0.0843 e. The number of rotatable bonds is 4. The number of hydrogen-bond donors (Lipinski definition) is 0. The van der Waals surface area contributed by atoms with Crippen molar-refractivity contribution in [2.24, 2.45) is 0 Å². The number of nitriles is 1. The van der Waals surface area contributed by atoms with E-state index in [0.717, 1.165) is 11.6 Å². The molecule has 0 aliphatic rings. The number of nitrogens with zero attached hydrogens (tertiary/aromatic N) is 1. The molecule has 0 aliphatic heterocycles. The highest BCUT2D eigenvalue weighted by Gasteiger charge is 2.20. The van der Waals surface area contributed by atoms with Crippen LogP contribution in [-0.4, -0.2) is 8.07 Å². The second-order valence-electron chi connectivity index (χ2n) is 4.41. The van der Waals surface area contributed by atoms with Gasteiger partial charge in [-0.25, -0.2) is 0 Å². The second kappa shape index (κ2) is 4.95. The van der Waals surface area contributed by atoms with Crippen LogP contribution in [-0.2, 0) is 6.42 Å². The molecule has 0 spiro atoms. The molecule has 1 nitrogen and oxygen atoms in total. The van der Waals surface area contributed by atoms with E-state index >= 15 is 0 Å². The molecule has 78 valence electrons. The molecule has 0 atom stereocenters. The van der Waals surface area contributed by atoms with Gasteiger partial charge in [-0.15, -0.1) is 6.58 Å². The normalized spacial score (nSPS) is 10.7. The summed E-state index contributed by atoms with van der Waals surface area (Å²) in [4.78, 5) is 0. The topological polar surface area (TPSA) is 23.8 Å². The van der Waals surface area contributed by atoms with Crippen molar-refractivity contribution in [2.75, 3.05) is 0 Å². The van der Waals surface area contributed by atoms with Crippen molar-refractivity contribution in [3.8, 4) is 6.07 Å². The summed E-state index contributed by atoms with van der Waals surface area (Å²) in [5.41, 5.74) is 1.10. The predicted octanol–water partition coefficient (Wildman–Crippen LogP) is 2.85. The quantitative estimate of drug-likeness (QED) is 0.559. The highest BCUT2D eigenvalue weighted by molar-refractivity contribution is 6.90. The fraction of sp³-hybridized carbons (Fsp3) is 0.308. The highest BCUT2D eigenvalue weighted by atomic mass is 28.3. The average Bonchev–Trinajstić information content (AvgIpc) is 2.19. The zero-order chi connectivity index (χ0) is 11.3. The lowest BCUT2D eigenvalue weighted by molar-refractivity contribution is 1.27. The van der Waals surface area contributed by atoms with Gasteiger partial charge in [-0.05, 0) is 11.6 Å². The lowest BCUT2D eigenvalue weighted by Crippen LogP contribution is -2.40. The minimum absolute atomic E-state index is 0.504. The van der Waals surface area contributed by atoms with Gasteiger partial charge in [0.25, 0.3) is 0 Å². The molecule has 0 aromatic heterocycles. The average molecular weight is 215 g/mol. The summed E-state index contributed by atoms with van der Waals surface area (Å²) in [5, 5.41) is 10.0. The molecule has 0 bridgehead atoms. The van der Waals surface area contributed by atoms with Crippen molar-refractivity contribution in [1.29, 1.82) is 5.26 Å². The molecular formula is C13H17NSi. The maximum absolute atomic E-state index is 8.58. The third-order valence-corrected chi connectivity index (χ3v) is 5.88. The van der Waals surface area contributed by atoms with E-state index in [1.807, 2.05) is 6.08 Å². The van der Waals surface area contributed by atoms with Gasteiger partial charge in [-0.2, -0.15) is 5.26 Å². The summed E-state index contributed by atoms with van der Waals surface area (Å²) in [7, 11) is -1.33. The molecule has 1 aromatic rings. The summed E-state index contributed by atoms with van der Waals surface area (Å²) < 4.78 is 0. The first kappa shape index (κ1) is 11.7. The minimum Gasteiger partial charge on any atom is -0.198 e. The fourth-order valence-electron chi connectivity index (χ4n) is 1.64. The van der Waals surface area contributed by atoms with Crippen LogP contribution >= 0.6 is 0 Å². The summed E-state index contributed by atoms with van der Waals surface area (Å²) in [6.45, 7) is 8.49. The Morgan fingerprint density at radius 3 is 2.40 bits per heavy atom. The van der Waals surface area contributed by atoms with Crippen LogP contribution in [0.3, 0.4) is 0 Å². The Labute approximate surface area is 93.1 Å². The van der Waals surface area contributed by atoms with Gasteiger partial charge in [-0.1, -0.05) is 48.6 Å². The van der Waals surface area contributed by atoms with E-state index in [1.54, 1.807) is 0 Å². The molecule has 0 radical (unpaired) electrons. The summed E-state index contributed by atoms with van der Waals surface area (Å²) in [6, 6.07) is 11.7. The van der Waals surface area contributed by atoms with Crippen LogP contribution in [0.5, 0.6) is 0 Å². The van der Waals surface area contributed by atoms with Gasteiger partial charge in [-0.3, -0.25) is 0 Å². The van der Waals surface area contributed by atoms with Crippen LogP contribution in [0.25, 0.3) is 0 Å². The molecule has 0 fully saturated rings. The van der Waals surface area contributed by atoms with Crippen LogP contribution in [0.1, 0.15) is 5.56 Å². The highest BCUT2D eigenvalue weighted by Crippen LogP contribution is 2.11. The van der Waals surface area contributed by atoms with Crippen molar-refractivity contribution < 1.29 is 0 Å². The Morgan fingerprint density at radius 2 is 1.93 bits per heavy atom. The van der Waals surface area contributed by atoms with Crippen LogP contribution < -0.4 is 5.19 Å². The molecule has 1 rings (SSSR count). The zero-order valence-electron chi connectivity index (χ0n) is 9.46. The van der Waals surface area contributed by atoms with E-state index in [9.17, 15) is 0 Å². The largest absolute Gasteiger partial charge is 0.198 e. The Hall–Kier alpha value is -1.33. The van der Waals surface area contributed by atoms with Crippen LogP contribution in [0.4, 0.5) is 0 Å². The first-order valence-electron chi connectivity index (χ1n) is 5.17. The van der Waals surface area contributed by atoms with Gasteiger partial charge in [0.05, 0.1) is 20.6 Å². The first-order valence-corrected chi connectivity index (χ1v) is 8.38. The van der Waals surface area contributed by atoms with Crippen molar-refractivity contribution >= 4 is 13.3 Å². The molecule has 0 N–H and O–H groups in total. The molecule has 0 saturated heterocycles. The minimum atomic E-state index is -1.33. The standard InChI is InChI=1S/C13H17NSi/c1-4-11-15(2,3)13-7-5-12(6-8-13)9-10-14/h4-8H,1,9,11H2,2-3H3. The molecule has 2 heteroatoms. The molecular weight excluding hydrogens is 198 g/mol. The number of allylic oxidation sites excluding steroid dienone is 1. The van der Waals surface area contributed by atoms with E-state index in [-0.39, 0.29) is 0 Å². The molecule has 1 aromatic carbocycles. The van der Waals surface area contributed by atoms with Crippen LogP contribution in [0, 0.1) is 11.3 Å². The SMILES string of the molecule is C=CC[Si](C)(C)c1ccc(CC#N)cc1. The van der Waals surface area contributed by atoms with Crippen molar-refractivity contribution in [2.45, 2.75) is 25.6 Å². The summed E-state index contributed by atoms with van der Waals surface area (Å²) in [5.74, 6) is 0. The van der Waals surface area contributed by atoms with E-state index < -0.39 is 8.07 Å². The smallest absolute Gasteiger partial charge is 0.0843 e. The number of hydrogen-bond acceptors (Lipinski definition) is 1. The van der Waals surface area contributed by atoms with Gasteiger partial charge in [0.2, 0.25) is 0 Å². The summed E-state index contributed by atoms with van der Waals surface area (Å²) in [6.07, 6.45) is 2.51. The second-order valence-corrected chi connectivity index (χ2v) is 9.16. The van der Waals surface area contributed by atoms with Gasteiger partial charge in [0.15, 0.2) is 0 Å². The Morgan fingerprint density at radius 1 is 1.33 bits per heavy atom. The molecule has 0 heterocycles. The van der Waals surface area contributed by atoms with Gasteiger partial charge in [0.1, 0.15) is 0 Å². The molecule has 0 aliphatic carbocycles. The number of benzene rings is 1. The lowest BCUT2D eigenvalue weighted by atomic mass is 10.2. The Bertz CT molecular complexity index is 371. The third-order valence-electron chi connectivity index (χ3n) is 2.67. The maximum atomic E-state index is 8.58. The Balaban J connectivity index is 2.88.